The average molecular weight is 1080 g/mol. The summed E-state index contributed by atoms with van der Waals surface area (Å²) in [5, 5.41) is 23.3. The van der Waals surface area contributed by atoms with E-state index in [1.165, 1.54) is 276 Å². The van der Waals surface area contributed by atoms with Crippen LogP contribution in [0.5, 0.6) is 0 Å². The predicted molar refractivity (Wildman–Crippen MR) is 338 cm³/mol. The first-order valence-corrected chi connectivity index (χ1v) is 34.8. The van der Waals surface area contributed by atoms with Gasteiger partial charge in [0.05, 0.1) is 25.4 Å². The molecule has 0 saturated carbocycles. The van der Waals surface area contributed by atoms with Crippen LogP contribution in [0, 0.1) is 0 Å². The van der Waals surface area contributed by atoms with Crippen molar-refractivity contribution in [2.75, 3.05) is 13.2 Å². The van der Waals surface area contributed by atoms with Crippen molar-refractivity contribution in [3.8, 4) is 0 Å². The number of ether oxygens (including phenoxy) is 1. The molecule has 0 saturated heterocycles. The SMILES string of the molecule is CCCCCCCCCCCCCCCCCCCCCCCCC/C=C/C(O)C(CO)NC(=O)CCCCCCCCCCCC/C=C\C=C/CCCCCOC(=O)CCCCCCCCCCCCCCCCCC. The summed E-state index contributed by atoms with van der Waals surface area (Å²) in [6.45, 7) is 4.90. The van der Waals surface area contributed by atoms with E-state index in [0.717, 1.165) is 77.0 Å². The molecule has 0 aliphatic rings. The minimum atomic E-state index is -0.853. The quantitative estimate of drug-likeness (QED) is 0.0244. The summed E-state index contributed by atoms with van der Waals surface area (Å²) in [7, 11) is 0. The number of rotatable bonds is 65. The molecule has 0 aliphatic carbocycles. The molecule has 0 spiro atoms. The first kappa shape index (κ1) is 75.1. The lowest BCUT2D eigenvalue weighted by Gasteiger charge is -2.20. The van der Waals surface area contributed by atoms with Gasteiger partial charge < -0.3 is 20.3 Å². The van der Waals surface area contributed by atoms with Crippen molar-refractivity contribution in [1.82, 2.24) is 5.32 Å². The number of allylic oxidation sites excluding steroid dienone is 5. The Balaban J connectivity index is 3.48. The Kier molecular flexibility index (Phi) is 64.9. The molecule has 1 amide bonds. The number of carbonyl (C=O) groups excluding carboxylic acids is 2. The van der Waals surface area contributed by atoms with Gasteiger partial charge in [0.1, 0.15) is 0 Å². The summed E-state index contributed by atoms with van der Waals surface area (Å²) in [4.78, 5) is 24.6. The van der Waals surface area contributed by atoms with Crippen LogP contribution in [0.25, 0.3) is 0 Å². The van der Waals surface area contributed by atoms with Crippen molar-refractivity contribution in [1.29, 1.82) is 0 Å². The highest BCUT2D eigenvalue weighted by molar-refractivity contribution is 5.76. The summed E-state index contributed by atoms with van der Waals surface area (Å²) in [5.74, 6) is -0.0839. The second-order valence-corrected chi connectivity index (χ2v) is 23.9. The zero-order valence-corrected chi connectivity index (χ0v) is 52.0. The monoisotopic (exact) mass is 1080 g/mol. The van der Waals surface area contributed by atoms with E-state index in [1.54, 1.807) is 6.08 Å². The molecule has 0 aromatic carbocycles. The molecule has 6 nitrogen and oxygen atoms in total. The van der Waals surface area contributed by atoms with Crippen LogP contribution in [0.2, 0.25) is 0 Å². The molecule has 6 heteroatoms. The molecule has 0 radical (unpaired) electrons. The van der Waals surface area contributed by atoms with Crippen molar-refractivity contribution in [2.24, 2.45) is 0 Å². The second kappa shape index (κ2) is 66.6. The van der Waals surface area contributed by atoms with E-state index in [4.69, 9.17) is 4.74 Å². The Bertz CT molecular complexity index is 1250. The number of aliphatic hydroxyl groups excluding tert-OH is 2. The third-order valence-electron chi connectivity index (χ3n) is 16.2. The van der Waals surface area contributed by atoms with E-state index in [1.807, 2.05) is 6.08 Å². The number of hydrogen-bond acceptors (Lipinski definition) is 5. The standard InChI is InChI=1S/C71H135NO5/c1-3-5-7-9-11-13-15-17-19-21-22-23-24-25-26-27-29-32-35-39-43-47-51-55-59-63-69(74)68(67-73)72-70(75)64-60-56-52-48-44-40-36-33-30-28-31-34-38-42-46-50-54-58-62-66-77-71(76)65-61-57-53-49-45-41-37-20-18-16-14-12-10-8-6-4-2/h34,38,42,46,59,63,68-69,73-74H,3-33,35-37,39-41,43-45,47-58,60-62,64-67H2,1-2H3,(H,72,75)/b38-34-,46-42-,63-59+. The Morgan fingerprint density at radius 2 is 0.636 bits per heavy atom. The topological polar surface area (TPSA) is 95.9 Å². The summed E-state index contributed by atoms with van der Waals surface area (Å²) < 4.78 is 5.47. The van der Waals surface area contributed by atoms with Crippen LogP contribution in [-0.4, -0.2) is 47.4 Å². The largest absolute Gasteiger partial charge is 0.466 e. The van der Waals surface area contributed by atoms with Crippen LogP contribution in [0.1, 0.15) is 380 Å². The zero-order valence-electron chi connectivity index (χ0n) is 52.0. The lowest BCUT2D eigenvalue weighted by atomic mass is 10.0. The Morgan fingerprint density at radius 3 is 0.961 bits per heavy atom. The van der Waals surface area contributed by atoms with Crippen molar-refractivity contribution in [3.63, 3.8) is 0 Å². The fourth-order valence-electron chi connectivity index (χ4n) is 10.9. The number of aliphatic hydroxyl groups is 2. The highest BCUT2D eigenvalue weighted by Crippen LogP contribution is 2.18. The van der Waals surface area contributed by atoms with Gasteiger partial charge in [-0.15, -0.1) is 0 Å². The summed E-state index contributed by atoms with van der Waals surface area (Å²) >= 11 is 0. The predicted octanol–water partition coefficient (Wildman–Crippen LogP) is 22.3. The van der Waals surface area contributed by atoms with Gasteiger partial charge in [-0.25, -0.2) is 0 Å². The van der Waals surface area contributed by atoms with Gasteiger partial charge >= 0.3 is 5.97 Å². The molecule has 2 unspecified atom stereocenters. The number of unbranched alkanes of at least 4 members (excludes halogenated alkanes) is 51. The maximum Gasteiger partial charge on any atom is 0.305 e. The van der Waals surface area contributed by atoms with E-state index in [0.29, 0.717) is 19.4 Å². The van der Waals surface area contributed by atoms with Crippen LogP contribution < -0.4 is 5.32 Å². The molecule has 0 aromatic rings. The molecular weight excluding hydrogens is 947 g/mol. The Morgan fingerprint density at radius 1 is 0.364 bits per heavy atom. The number of carbonyl (C=O) groups is 2. The first-order chi connectivity index (χ1) is 38.0. The molecule has 77 heavy (non-hydrogen) atoms. The third kappa shape index (κ3) is 63.1. The maximum atomic E-state index is 12.5. The van der Waals surface area contributed by atoms with E-state index >= 15 is 0 Å². The van der Waals surface area contributed by atoms with E-state index in [-0.39, 0.29) is 18.5 Å². The van der Waals surface area contributed by atoms with Gasteiger partial charge in [0.2, 0.25) is 5.91 Å². The molecule has 3 N–H and O–H groups in total. The van der Waals surface area contributed by atoms with E-state index in [2.05, 4.69) is 43.5 Å². The zero-order chi connectivity index (χ0) is 55.7. The minimum Gasteiger partial charge on any atom is -0.466 e. The smallest absolute Gasteiger partial charge is 0.305 e. The number of amides is 1. The van der Waals surface area contributed by atoms with Gasteiger partial charge in [0.25, 0.3) is 0 Å². The van der Waals surface area contributed by atoms with Crippen LogP contribution in [0.4, 0.5) is 0 Å². The van der Waals surface area contributed by atoms with Crippen molar-refractivity contribution in [3.05, 3.63) is 36.5 Å². The lowest BCUT2D eigenvalue weighted by Crippen LogP contribution is -2.45. The molecule has 0 aromatic heterocycles. The Hall–Kier alpha value is -1.92. The summed E-state index contributed by atoms with van der Waals surface area (Å²) in [6.07, 6.45) is 85.0. The number of hydrogen-bond donors (Lipinski definition) is 3. The highest BCUT2D eigenvalue weighted by Gasteiger charge is 2.18. The van der Waals surface area contributed by atoms with Crippen molar-refractivity contribution in [2.45, 2.75) is 392 Å². The van der Waals surface area contributed by atoms with Gasteiger partial charge in [-0.3, -0.25) is 9.59 Å². The number of nitrogens with one attached hydrogen (secondary N) is 1. The van der Waals surface area contributed by atoms with Crippen molar-refractivity contribution >= 4 is 11.9 Å². The Labute approximate surface area is 481 Å². The van der Waals surface area contributed by atoms with Gasteiger partial charge in [-0.1, -0.05) is 339 Å². The van der Waals surface area contributed by atoms with Gasteiger partial charge in [0.15, 0.2) is 0 Å². The van der Waals surface area contributed by atoms with Crippen molar-refractivity contribution < 1.29 is 24.5 Å². The second-order valence-electron chi connectivity index (χ2n) is 23.9. The number of esters is 1. The molecule has 454 valence electrons. The highest BCUT2D eigenvalue weighted by atomic mass is 16.5. The summed E-state index contributed by atoms with van der Waals surface area (Å²) in [5.41, 5.74) is 0. The fraction of sp³-hybridized carbons (Fsp3) is 0.887. The molecule has 0 heterocycles. The molecular formula is C71H135NO5. The molecule has 0 bridgehead atoms. The first-order valence-electron chi connectivity index (χ1n) is 34.8. The van der Waals surface area contributed by atoms with Crippen LogP contribution >= 0.6 is 0 Å². The van der Waals surface area contributed by atoms with E-state index < -0.39 is 12.1 Å². The molecule has 2 atom stereocenters. The van der Waals surface area contributed by atoms with Crippen LogP contribution in [-0.2, 0) is 14.3 Å². The average Bonchev–Trinajstić information content (AvgIpc) is 3.43. The van der Waals surface area contributed by atoms with E-state index in [9.17, 15) is 19.8 Å². The molecule has 0 aliphatic heterocycles. The molecule has 0 fully saturated rings. The van der Waals surface area contributed by atoms with Crippen LogP contribution in [0.15, 0.2) is 36.5 Å². The third-order valence-corrected chi connectivity index (χ3v) is 16.2. The lowest BCUT2D eigenvalue weighted by molar-refractivity contribution is -0.143. The maximum absolute atomic E-state index is 12.5. The van der Waals surface area contributed by atoms with Gasteiger partial charge in [-0.05, 0) is 64.2 Å². The summed E-state index contributed by atoms with van der Waals surface area (Å²) in [6, 6.07) is -0.637. The normalized spacial score (nSPS) is 12.7. The van der Waals surface area contributed by atoms with Crippen LogP contribution in [0.3, 0.4) is 0 Å². The van der Waals surface area contributed by atoms with Gasteiger partial charge in [-0.2, -0.15) is 0 Å². The van der Waals surface area contributed by atoms with Gasteiger partial charge in [0, 0.05) is 12.8 Å². The fourth-order valence-corrected chi connectivity index (χ4v) is 10.9. The minimum absolute atomic E-state index is 0.00997. The molecule has 0 rings (SSSR count).